The molecule has 0 amide bonds. The van der Waals surface area contributed by atoms with Gasteiger partial charge in [-0.1, -0.05) is 24.3 Å². The first-order valence-corrected chi connectivity index (χ1v) is 4.11. The van der Waals surface area contributed by atoms with E-state index in [9.17, 15) is 0 Å². The van der Waals surface area contributed by atoms with Crippen molar-refractivity contribution < 1.29 is 9.90 Å². The molecule has 13 heavy (non-hydrogen) atoms. The second kappa shape index (κ2) is 4.62. The zero-order valence-electron chi connectivity index (χ0n) is 7.60. The summed E-state index contributed by atoms with van der Waals surface area (Å²) in [5.74, 6) is 0. The molecule has 0 bridgehead atoms. The largest absolute Gasteiger partial charge is 0.483 e. The van der Waals surface area contributed by atoms with E-state index in [1.54, 1.807) is 0 Å². The summed E-state index contributed by atoms with van der Waals surface area (Å²) in [5.41, 5.74) is 2.98. The van der Waals surface area contributed by atoms with Crippen LogP contribution in [0.4, 0.5) is 0 Å². The second-order valence-electron chi connectivity index (χ2n) is 3.05. The lowest BCUT2D eigenvalue weighted by Crippen LogP contribution is -2.07. The maximum Gasteiger partial charge on any atom is 0.290 e. The van der Waals surface area contributed by atoms with Gasteiger partial charge in [0.2, 0.25) is 0 Å². The molecule has 0 fully saturated rings. The lowest BCUT2D eigenvalue weighted by Gasteiger charge is -2.02. The third kappa shape index (κ3) is 2.56. The number of nitrogens with zero attached hydrogens (tertiary/aromatic N) is 1. The molecular formula is C10H13NO2. The Labute approximate surface area is 77.6 Å². The Bertz CT molecular complexity index is 261. The molecule has 1 heterocycles. The topological polar surface area (TPSA) is 40.5 Å². The standard InChI is InChI=1S/C9H11N.CH2O2/c1-10-6-8-4-2-3-5-9(8)7-10;2-1-3/h2-5H,6-7H2,1H3;1H,(H,2,3). The van der Waals surface area contributed by atoms with Crippen molar-refractivity contribution >= 4 is 6.47 Å². The highest BCUT2D eigenvalue weighted by molar-refractivity contribution is 5.32. The fraction of sp³-hybridized carbons (Fsp3) is 0.300. The third-order valence-corrected chi connectivity index (χ3v) is 2.00. The average Bonchev–Trinajstić information content (AvgIpc) is 2.45. The second-order valence-corrected chi connectivity index (χ2v) is 3.05. The quantitative estimate of drug-likeness (QED) is 0.611. The molecule has 0 atom stereocenters. The van der Waals surface area contributed by atoms with Crippen molar-refractivity contribution in [3.05, 3.63) is 35.4 Å². The Morgan fingerprint density at radius 2 is 1.69 bits per heavy atom. The lowest BCUT2D eigenvalue weighted by molar-refractivity contribution is -0.122. The van der Waals surface area contributed by atoms with E-state index < -0.39 is 0 Å². The van der Waals surface area contributed by atoms with Crippen molar-refractivity contribution in [2.24, 2.45) is 0 Å². The van der Waals surface area contributed by atoms with Gasteiger partial charge in [0.25, 0.3) is 6.47 Å². The van der Waals surface area contributed by atoms with Gasteiger partial charge < -0.3 is 5.11 Å². The summed E-state index contributed by atoms with van der Waals surface area (Å²) in [4.78, 5) is 10.7. The highest BCUT2D eigenvalue weighted by atomic mass is 16.3. The molecule has 0 aromatic heterocycles. The van der Waals surface area contributed by atoms with Crippen molar-refractivity contribution in [1.82, 2.24) is 4.90 Å². The van der Waals surface area contributed by atoms with Crippen LogP contribution in [0.5, 0.6) is 0 Å². The minimum Gasteiger partial charge on any atom is -0.483 e. The molecule has 1 aromatic rings. The summed E-state index contributed by atoms with van der Waals surface area (Å²) in [5, 5.41) is 6.89. The molecule has 1 aliphatic rings. The van der Waals surface area contributed by atoms with Crippen LogP contribution in [0.25, 0.3) is 0 Å². The van der Waals surface area contributed by atoms with Crippen LogP contribution in [0.3, 0.4) is 0 Å². The van der Waals surface area contributed by atoms with Gasteiger partial charge in [0.1, 0.15) is 0 Å². The van der Waals surface area contributed by atoms with Crippen molar-refractivity contribution in [1.29, 1.82) is 0 Å². The van der Waals surface area contributed by atoms with Gasteiger partial charge in [-0.25, -0.2) is 0 Å². The first kappa shape index (κ1) is 9.74. The van der Waals surface area contributed by atoms with Crippen LogP contribution < -0.4 is 0 Å². The van der Waals surface area contributed by atoms with E-state index in [4.69, 9.17) is 9.90 Å². The van der Waals surface area contributed by atoms with E-state index in [1.807, 2.05) is 0 Å². The Morgan fingerprint density at radius 3 is 2.08 bits per heavy atom. The Kier molecular flexibility index (Phi) is 3.46. The number of benzene rings is 1. The highest BCUT2D eigenvalue weighted by Gasteiger charge is 2.12. The maximum absolute atomic E-state index is 8.36. The van der Waals surface area contributed by atoms with Crippen LogP contribution in [-0.4, -0.2) is 23.5 Å². The molecule has 0 aliphatic carbocycles. The smallest absolute Gasteiger partial charge is 0.290 e. The van der Waals surface area contributed by atoms with Crippen molar-refractivity contribution in [2.45, 2.75) is 13.1 Å². The van der Waals surface area contributed by atoms with Gasteiger partial charge in [0, 0.05) is 13.1 Å². The SMILES string of the molecule is CN1Cc2ccccc2C1.O=CO. The van der Waals surface area contributed by atoms with E-state index in [0.717, 1.165) is 13.1 Å². The van der Waals surface area contributed by atoms with Crippen LogP contribution in [0.1, 0.15) is 11.1 Å². The molecule has 0 saturated carbocycles. The summed E-state index contributed by atoms with van der Waals surface area (Å²) in [6, 6.07) is 8.63. The van der Waals surface area contributed by atoms with Gasteiger partial charge in [0.15, 0.2) is 0 Å². The molecule has 0 saturated heterocycles. The van der Waals surface area contributed by atoms with Crippen molar-refractivity contribution in [2.75, 3.05) is 7.05 Å². The van der Waals surface area contributed by atoms with Crippen LogP contribution in [0.15, 0.2) is 24.3 Å². The fourth-order valence-corrected chi connectivity index (χ4v) is 1.50. The minimum atomic E-state index is -0.250. The van der Waals surface area contributed by atoms with E-state index in [-0.39, 0.29) is 6.47 Å². The van der Waals surface area contributed by atoms with Gasteiger partial charge in [-0.05, 0) is 18.2 Å². The molecule has 0 spiro atoms. The minimum absolute atomic E-state index is 0.250. The molecule has 1 aliphatic heterocycles. The number of carbonyl (C=O) groups is 1. The Morgan fingerprint density at radius 1 is 1.31 bits per heavy atom. The number of fused-ring (bicyclic) bond motifs is 1. The third-order valence-electron chi connectivity index (χ3n) is 2.00. The predicted molar refractivity (Wildman–Crippen MR) is 50.3 cm³/mol. The van der Waals surface area contributed by atoms with Crippen molar-refractivity contribution in [3.8, 4) is 0 Å². The molecular weight excluding hydrogens is 166 g/mol. The average molecular weight is 179 g/mol. The summed E-state index contributed by atoms with van der Waals surface area (Å²) >= 11 is 0. The van der Waals surface area contributed by atoms with E-state index in [0.29, 0.717) is 0 Å². The number of carboxylic acid groups (broad SMARTS) is 1. The van der Waals surface area contributed by atoms with Gasteiger partial charge in [-0.2, -0.15) is 0 Å². The van der Waals surface area contributed by atoms with Gasteiger partial charge in [-0.3, -0.25) is 9.69 Å². The van der Waals surface area contributed by atoms with Gasteiger partial charge in [0.05, 0.1) is 0 Å². The van der Waals surface area contributed by atoms with Crippen LogP contribution in [0, 0.1) is 0 Å². The van der Waals surface area contributed by atoms with Gasteiger partial charge in [-0.15, -0.1) is 0 Å². The lowest BCUT2D eigenvalue weighted by atomic mass is 10.1. The Hall–Kier alpha value is -1.35. The summed E-state index contributed by atoms with van der Waals surface area (Å²) in [7, 11) is 2.15. The van der Waals surface area contributed by atoms with E-state index >= 15 is 0 Å². The Balaban J connectivity index is 0.000000251. The van der Waals surface area contributed by atoms with Crippen LogP contribution in [-0.2, 0) is 17.9 Å². The number of hydrogen-bond acceptors (Lipinski definition) is 2. The monoisotopic (exact) mass is 179 g/mol. The van der Waals surface area contributed by atoms with E-state index in [1.165, 1.54) is 11.1 Å². The molecule has 70 valence electrons. The zero-order chi connectivity index (χ0) is 9.68. The van der Waals surface area contributed by atoms with Crippen LogP contribution >= 0.6 is 0 Å². The summed E-state index contributed by atoms with van der Waals surface area (Å²) in [6.07, 6.45) is 0. The predicted octanol–water partition coefficient (Wildman–Crippen LogP) is 1.33. The normalized spacial score (nSPS) is 14.2. The van der Waals surface area contributed by atoms with Gasteiger partial charge >= 0.3 is 0 Å². The van der Waals surface area contributed by atoms with E-state index in [2.05, 4.69) is 36.2 Å². The van der Waals surface area contributed by atoms with Crippen molar-refractivity contribution in [3.63, 3.8) is 0 Å². The summed E-state index contributed by atoms with van der Waals surface area (Å²) < 4.78 is 0. The number of hydrogen-bond donors (Lipinski definition) is 1. The molecule has 1 aromatic carbocycles. The molecule has 3 heteroatoms. The molecule has 1 N–H and O–H groups in total. The highest BCUT2D eigenvalue weighted by Crippen LogP contribution is 2.19. The molecule has 0 unspecified atom stereocenters. The first-order valence-electron chi connectivity index (χ1n) is 4.11. The van der Waals surface area contributed by atoms with Crippen LogP contribution in [0.2, 0.25) is 0 Å². The maximum atomic E-state index is 8.36. The first-order chi connectivity index (χ1) is 6.27. The summed E-state index contributed by atoms with van der Waals surface area (Å²) in [6.45, 7) is 1.99. The molecule has 3 nitrogen and oxygen atoms in total. The molecule has 2 rings (SSSR count). The number of rotatable bonds is 0. The fourth-order valence-electron chi connectivity index (χ4n) is 1.50. The zero-order valence-corrected chi connectivity index (χ0v) is 7.60. The molecule has 0 radical (unpaired) electrons.